The molecule has 1 aromatic heterocycles. The summed E-state index contributed by atoms with van der Waals surface area (Å²) in [7, 11) is 0. The van der Waals surface area contributed by atoms with Crippen molar-refractivity contribution >= 4 is 40.1 Å². The van der Waals surface area contributed by atoms with Crippen molar-refractivity contribution in [2.24, 2.45) is 0 Å². The third kappa shape index (κ3) is 7.36. The summed E-state index contributed by atoms with van der Waals surface area (Å²) in [6.45, 7) is 4.91. The fourth-order valence-corrected chi connectivity index (χ4v) is 5.65. The standard InChI is InChI=1S/C30H28F6N4O3S/c1-17-4-5-20(10-18(17)2)14-28(25(42)7-6-24-15-44-27(39-24)38-19(3)41)16-37-8-9-40(28)26(43)21-11-22(29(31,32)33)13-23(12-21)30(34,35)36/h4-7,10-13,15,37H,8-9,14,16H2,1-3H3,(H,38,39,41)/b7-6+. The van der Waals surface area contributed by atoms with Crippen molar-refractivity contribution in [3.05, 3.63) is 86.9 Å². The van der Waals surface area contributed by atoms with Crippen LogP contribution in [-0.2, 0) is 28.4 Å². The van der Waals surface area contributed by atoms with Crippen LogP contribution >= 0.6 is 11.3 Å². The molecule has 1 fully saturated rings. The number of benzene rings is 2. The van der Waals surface area contributed by atoms with Gasteiger partial charge in [0.15, 0.2) is 10.9 Å². The number of nitrogens with zero attached hydrogens (tertiary/aromatic N) is 2. The molecule has 2 heterocycles. The summed E-state index contributed by atoms with van der Waals surface area (Å²) in [6, 6.07) is 6.09. The molecule has 0 spiro atoms. The number of anilines is 1. The minimum Gasteiger partial charge on any atom is -0.323 e. The first-order valence-corrected chi connectivity index (χ1v) is 14.2. The minimum absolute atomic E-state index is 0.0478. The fraction of sp³-hybridized carbons (Fsp3) is 0.333. The quantitative estimate of drug-likeness (QED) is 0.243. The molecule has 2 N–H and O–H groups in total. The van der Waals surface area contributed by atoms with Gasteiger partial charge in [0.25, 0.3) is 5.91 Å². The highest BCUT2D eigenvalue weighted by molar-refractivity contribution is 7.14. The van der Waals surface area contributed by atoms with Crippen LogP contribution in [0.15, 0.2) is 47.9 Å². The van der Waals surface area contributed by atoms with Gasteiger partial charge in [-0.3, -0.25) is 14.4 Å². The van der Waals surface area contributed by atoms with E-state index in [0.29, 0.717) is 23.4 Å². The highest BCUT2D eigenvalue weighted by atomic mass is 32.1. The third-order valence-electron chi connectivity index (χ3n) is 7.26. The monoisotopic (exact) mass is 638 g/mol. The molecule has 1 atom stereocenters. The Morgan fingerprint density at radius 1 is 1.02 bits per heavy atom. The summed E-state index contributed by atoms with van der Waals surface area (Å²) in [5.41, 5.74) is -2.99. The van der Waals surface area contributed by atoms with Gasteiger partial charge in [-0.25, -0.2) is 4.98 Å². The van der Waals surface area contributed by atoms with Crippen molar-refractivity contribution in [2.45, 2.75) is 45.1 Å². The minimum atomic E-state index is -5.15. The maximum atomic E-state index is 14.1. The molecule has 0 aliphatic carbocycles. The maximum absolute atomic E-state index is 14.1. The van der Waals surface area contributed by atoms with E-state index in [1.54, 1.807) is 11.4 Å². The molecule has 3 aromatic rings. The van der Waals surface area contributed by atoms with Crippen LogP contribution < -0.4 is 10.6 Å². The number of carbonyl (C=O) groups is 3. The van der Waals surface area contributed by atoms with E-state index in [-0.39, 0.29) is 43.2 Å². The SMILES string of the molecule is CC(=O)Nc1nc(/C=C/C(=O)C2(Cc3ccc(C)c(C)c3)CNCCN2C(=O)c2cc(C(F)(F)F)cc(C(F)(F)F)c2)cs1. The van der Waals surface area contributed by atoms with Crippen molar-refractivity contribution in [2.75, 3.05) is 25.0 Å². The number of piperazine rings is 1. The lowest BCUT2D eigenvalue weighted by Gasteiger charge is -2.46. The van der Waals surface area contributed by atoms with Gasteiger partial charge in [-0.2, -0.15) is 26.3 Å². The molecule has 14 heteroatoms. The summed E-state index contributed by atoms with van der Waals surface area (Å²) >= 11 is 1.11. The zero-order valence-electron chi connectivity index (χ0n) is 23.8. The zero-order valence-corrected chi connectivity index (χ0v) is 24.6. The molecule has 1 unspecified atom stereocenters. The van der Waals surface area contributed by atoms with Crippen LogP contribution in [0, 0.1) is 13.8 Å². The number of nitrogens with one attached hydrogen (secondary N) is 2. The summed E-state index contributed by atoms with van der Waals surface area (Å²) in [5, 5.41) is 7.45. The zero-order chi connectivity index (χ0) is 32.4. The van der Waals surface area contributed by atoms with Crippen LogP contribution in [-0.4, -0.2) is 52.7 Å². The van der Waals surface area contributed by atoms with E-state index in [1.807, 2.05) is 26.0 Å². The second-order valence-electron chi connectivity index (χ2n) is 10.5. The number of thiazole rings is 1. The molecule has 2 aromatic carbocycles. The van der Waals surface area contributed by atoms with Gasteiger partial charge in [-0.05, 0) is 60.9 Å². The number of alkyl halides is 6. The second kappa shape index (κ2) is 12.5. The topological polar surface area (TPSA) is 91.4 Å². The Morgan fingerprint density at radius 3 is 2.27 bits per heavy atom. The highest BCUT2D eigenvalue weighted by Gasteiger charge is 2.48. The molecular weight excluding hydrogens is 610 g/mol. The number of ketones is 1. The van der Waals surface area contributed by atoms with Gasteiger partial charge in [0.05, 0.1) is 16.8 Å². The summed E-state index contributed by atoms with van der Waals surface area (Å²) in [5.74, 6) is -2.10. The lowest BCUT2D eigenvalue weighted by atomic mass is 9.81. The van der Waals surface area contributed by atoms with E-state index in [0.717, 1.165) is 27.4 Å². The fourth-order valence-electron chi connectivity index (χ4n) is 4.93. The van der Waals surface area contributed by atoms with Crippen molar-refractivity contribution in [1.82, 2.24) is 15.2 Å². The predicted molar refractivity (Wildman–Crippen MR) is 153 cm³/mol. The average Bonchev–Trinajstić information content (AvgIpc) is 3.38. The van der Waals surface area contributed by atoms with Gasteiger partial charge >= 0.3 is 12.4 Å². The van der Waals surface area contributed by atoms with Gasteiger partial charge in [0.2, 0.25) is 5.91 Å². The molecule has 1 aliphatic heterocycles. The van der Waals surface area contributed by atoms with E-state index >= 15 is 0 Å². The van der Waals surface area contributed by atoms with Crippen LogP contribution in [0.5, 0.6) is 0 Å². The number of halogens is 6. The first-order chi connectivity index (χ1) is 20.5. The molecule has 7 nitrogen and oxygen atoms in total. The predicted octanol–water partition coefficient (Wildman–Crippen LogP) is 6.07. The normalized spacial score (nSPS) is 17.6. The maximum Gasteiger partial charge on any atom is 0.416 e. The van der Waals surface area contributed by atoms with Crippen LogP contribution in [0.3, 0.4) is 0 Å². The molecule has 1 saturated heterocycles. The first kappa shape index (κ1) is 32.9. The summed E-state index contributed by atoms with van der Waals surface area (Å²) < 4.78 is 81.7. The number of hydrogen-bond acceptors (Lipinski definition) is 6. The van der Waals surface area contributed by atoms with Gasteiger partial charge in [0, 0.05) is 43.9 Å². The van der Waals surface area contributed by atoms with Crippen LogP contribution in [0.25, 0.3) is 6.08 Å². The lowest BCUT2D eigenvalue weighted by Crippen LogP contribution is -2.67. The molecule has 1 aliphatic rings. The number of rotatable bonds is 7. The average molecular weight is 639 g/mol. The van der Waals surface area contributed by atoms with E-state index < -0.39 is 46.3 Å². The smallest absolute Gasteiger partial charge is 0.323 e. The lowest BCUT2D eigenvalue weighted by molar-refractivity contribution is -0.143. The third-order valence-corrected chi connectivity index (χ3v) is 8.04. The number of carbonyl (C=O) groups excluding carboxylic acids is 3. The molecule has 234 valence electrons. The number of amides is 2. The van der Waals surface area contributed by atoms with E-state index in [4.69, 9.17) is 0 Å². The van der Waals surface area contributed by atoms with E-state index in [9.17, 15) is 40.7 Å². The van der Waals surface area contributed by atoms with Crippen molar-refractivity contribution in [3.8, 4) is 0 Å². The van der Waals surface area contributed by atoms with Crippen LogP contribution in [0.4, 0.5) is 31.5 Å². The molecule has 4 rings (SSSR count). The second-order valence-corrected chi connectivity index (χ2v) is 11.4. The Labute approximate surface area is 253 Å². The molecule has 0 saturated carbocycles. The van der Waals surface area contributed by atoms with Gasteiger partial charge in [0.1, 0.15) is 5.54 Å². The number of hydrogen-bond donors (Lipinski definition) is 2. The Hall–Kier alpha value is -4.04. The highest BCUT2D eigenvalue weighted by Crippen LogP contribution is 2.37. The summed E-state index contributed by atoms with van der Waals surface area (Å²) in [6.07, 6.45) is -7.84. The van der Waals surface area contributed by atoms with Gasteiger partial charge in [-0.1, -0.05) is 18.2 Å². The van der Waals surface area contributed by atoms with Crippen LogP contribution in [0.2, 0.25) is 0 Å². The molecule has 2 amide bonds. The Balaban J connectivity index is 1.81. The molecule has 44 heavy (non-hydrogen) atoms. The molecular formula is C30H28F6N4O3S. The van der Waals surface area contributed by atoms with E-state index in [1.165, 1.54) is 19.1 Å². The molecule has 0 bridgehead atoms. The van der Waals surface area contributed by atoms with Crippen molar-refractivity contribution < 1.29 is 40.7 Å². The first-order valence-electron chi connectivity index (χ1n) is 13.3. The summed E-state index contributed by atoms with van der Waals surface area (Å²) in [4.78, 5) is 44.6. The number of aromatic nitrogens is 1. The number of aryl methyl sites for hydroxylation is 2. The van der Waals surface area contributed by atoms with Gasteiger partial charge in [-0.15, -0.1) is 11.3 Å². The van der Waals surface area contributed by atoms with Crippen LogP contribution in [0.1, 0.15) is 50.8 Å². The Kier molecular flexibility index (Phi) is 9.35. The van der Waals surface area contributed by atoms with Gasteiger partial charge < -0.3 is 15.5 Å². The Morgan fingerprint density at radius 2 is 1.68 bits per heavy atom. The van der Waals surface area contributed by atoms with Crippen molar-refractivity contribution in [1.29, 1.82) is 0 Å². The Bertz CT molecular complexity index is 1580. The largest absolute Gasteiger partial charge is 0.416 e. The molecule has 0 radical (unpaired) electrons. The van der Waals surface area contributed by atoms with E-state index in [2.05, 4.69) is 15.6 Å². The van der Waals surface area contributed by atoms with Crippen molar-refractivity contribution in [3.63, 3.8) is 0 Å².